The van der Waals surface area contributed by atoms with Crippen molar-refractivity contribution >= 4 is 18.0 Å². The number of carbonyl (C=O) groups is 3. The SMILES string of the molecule is COC(=O)C1CCCN1C(=O)N1C[C@@H](C)[C@H](C(=O)O)C1. The van der Waals surface area contributed by atoms with Crippen molar-refractivity contribution in [3.8, 4) is 0 Å². The van der Waals surface area contributed by atoms with Crippen LogP contribution in [0.3, 0.4) is 0 Å². The second kappa shape index (κ2) is 5.68. The van der Waals surface area contributed by atoms with E-state index in [1.54, 1.807) is 0 Å². The lowest BCUT2D eigenvalue weighted by Gasteiger charge is -2.28. The van der Waals surface area contributed by atoms with E-state index < -0.39 is 23.9 Å². The Kier molecular flexibility index (Phi) is 4.15. The first-order chi connectivity index (χ1) is 9.45. The van der Waals surface area contributed by atoms with Crippen LogP contribution in [0.5, 0.6) is 0 Å². The maximum atomic E-state index is 12.4. The van der Waals surface area contributed by atoms with Crippen LogP contribution in [-0.4, -0.2) is 65.7 Å². The Labute approximate surface area is 117 Å². The zero-order valence-corrected chi connectivity index (χ0v) is 11.7. The Morgan fingerprint density at radius 1 is 1.25 bits per heavy atom. The quantitative estimate of drug-likeness (QED) is 0.741. The van der Waals surface area contributed by atoms with Gasteiger partial charge in [-0.1, -0.05) is 6.92 Å². The summed E-state index contributed by atoms with van der Waals surface area (Å²) >= 11 is 0. The number of urea groups is 1. The van der Waals surface area contributed by atoms with Gasteiger partial charge in [0.2, 0.25) is 0 Å². The summed E-state index contributed by atoms with van der Waals surface area (Å²) in [4.78, 5) is 38.2. The van der Waals surface area contributed by atoms with Crippen molar-refractivity contribution in [1.82, 2.24) is 9.80 Å². The van der Waals surface area contributed by atoms with Gasteiger partial charge in [0.15, 0.2) is 0 Å². The summed E-state index contributed by atoms with van der Waals surface area (Å²) in [5.74, 6) is -1.88. The molecule has 20 heavy (non-hydrogen) atoms. The van der Waals surface area contributed by atoms with Crippen molar-refractivity contribution in [2.75, 3.05) is 26.7 Å². The van der Waals surface area contributed by atoms with E-state index in [1.807, 2.05) is 6.92 Å². The summed E-state index contributed by atoms with van der Waals surface area (Å²) in [6, 6.07) is -0.791. The zero-order valence-electron chi connectivity index (χ0n) is 11.7. The fourth-order valence-electron chi connectivity index (χ4n) is 3.00. The molecule has 0 aliphatic carbocycles. The van der Waals surface area contributed by atoms with E-state index in [4.69, 9.17) is 9.84 Å². The first kappa shape index (κ1) is 14.6. The van der Waals surface area contributed by atoms with Crippen molar-refractivity contribution in [2.24, 2.45) is 11.8 Å². The van der Waals surface area contributed by atoms with Gasteiger partial charge < -0.3 is 19.6 Å². The second-order valence-corrected chi connectivity index (χ2v) is 5.48. The number of hydrogen-bond acceptors (Lipinski definition) is 4. The highest BCUT2D eigenvalue weighted by molar-refractivity contribution is 5.85. The highest BCUT2D eigenvalue weighted by Gasteiger charge is 2.42. The molecular weight excluding hydrogens is 264 g/mol. The first-order valence-electron chi connectivity index (χ1n) is 6.82. The van der Waals surface area contributed by atoms with Crippen LogP contribution in [0.15, 0.2) is 0 Å². The lowest BCUT2D eigenvalue weighted by molar-refractivity contribution is -0.145. The smallest absolute Gasteiger partial charge is 0.328 e. The van der Waals surface area contributed by atoms with Gasteiger partial charge in [-0.25, -0.2) is 9.59 Å². The van der Waals surface area contributed by atoms with Crippen LogP contribution in [0.2, 0.25) is 0 Å². The number of carbonyl (C=O) groups excluding carboxylic acids is 2. The molecule has 2 aliphatic rings. The Morgan fingerprint density at radius 2 is 1.95 bits per heavy atom. The molecule has 0 bridgehead atoms. The number of nitrogens with zero attached hydrogens (tertiary/aromatic N) is 2. The monoisotopic (exact) mass is 284 g/mol. The number of carboxylic acids is 1. The van der Waals surface area contributed by atoms with Crippen molar-refractivity contribution < 1.29 is 24.2 Å². The Balaban J connectivity index is 2.05. The van der Waals surface area contributed by atoms with E-state index >= 15 is 0 Å². The van der Waals surface area contributed by atoms with Gasteiger partial charge in [-0.05, 0) is 18.8 Å². The van der Waals surface area contributed by atoms with Gasteiger partial charge in [0.25, 0.3) is 0 Å². The van der Waals surface area contributed by atoms with E-state index in [0.29, 0.717) is 19.5 Å². The van der Waals surface area contributed by atoms with Gasteiger partial charge in [0, 0.05) is 19.6 Å². The van der Waals surface area contributed by atoms with Gasteiger partial charge in [0.05, 0.1) is 13.0 Å². The molecule has 0 aromatic heterocycles. The number of aliphatic carboxylic acids is 1. The number of methoxy groups -OCH3 is 1. The predicted octanol–water partition coefficient (Wildman–Crippen LogP) is 0.396. The minimum Gasteiger partial charge on any atom is -0.481 e. The third-order valence-electron chi connectivity index (χ3n) is 4.17. The molecule has 2 amide bonds. The topological polar surface area (TPSA) is 87.2 Å². The molecule has 0 saturated carbocycles. The van der Waals surface area contributed by atoms with E-state index in [0.717, 1.165) is 6.42 Å². The minimum atomic E-state index is -0.876. The molecule has 2 fully saturated rings. The number of ether oxygens (including phenoxy) is 1. The second-order valence-electron chi connectivity index (χ2n) is 5.48. The average Bonchev–Trinajstić information content (AvgIpc) is 3.03. The first-order valence-corrected chi connectivity index (χ1v) is 6.82. The lowest BCUT2D eigenvalue weighted by atomic mass is 9.99. The standard InChI is InChI=1S/C13H20N2O5/c1-8-6-14(7-9(8)11(16)17)13(19)15-5-3-4-10(15)12(18)20-2/h8-10H,3-7H2,1-2H3,(H,16,17)/t8-,9-,10?/m1/s1. The lowest BCUT2D eigenvalue weighted by Crippen LogP contribution is -2.47. The van der Waals surface area contributed by atoms with E-state index in [9.17, 15) is 14.4 Å². The number of esters is 1. The molecule has 0 spiro atoms. The van der Waals surface area contributed by atoms with Crippen LogP contribution in [0.4, 0.5) is 4.79 Å². The molecule has 3 atom stereocenters. The van der Waals surface area contributed by atoms with Gasteiger partial charge in [-0.15, -0.1) is 0 Å². The minimum absolute atomic E-state index is 0.0735. The number of amides is 2. The van der Waals surface area contributed by atoms with E-state index in [1.165, 1.54) is 16.9 Å². The molecule has 7 heteroatoms. The Morgan fingerprint density at radius 3 is 2.50 bits per heavy atom. The molecular formula is C13H20N2O5. The maximum absolute atomic E-state index is 12.4. The number of likely N-dealkylation sites (tertiary alicyclic amines) is 2. The van der Waals surface area contributed by atoms with Crippen LogP contribution in [0.25, 0.3) is 0 Å². The summed E-state index contributed by atoms with van der Waals surface area (Å²) in [5, 5.41) is 9.10. The van der Waals surface area contributed by atoms with Crippen molar-refractivity contribution in [3.63, 3.8) is 0 Å². The molecule has 1 N–H and O–H groups in total. The van der Waals surface area contributed by atoms with E-state index in [2.05, 4.69) is 0 Å². The van der Waals surface area contributed by atoms with Gasteiger partial charge in [-0.3, -0.25) is 4.79 Å². The molecule has 0 radical (unpaired) electrons. The highest BCUT2D eigenvalue weighted by Crippen LogP contribution is 2.27. The Hall–Kier alpha value is -1.79. The molecule has 2 aliphatic heterocycles. The van der Waals surface area contributed by atoms with Crippen LogP contribution < -0.4 is 0 Å². The average molecular weight is 284 g/mol. The summed E-state index contributed by atoms with van der Waals surface area (Å²) in [7, 11) is 1.31. The van der Waals surface area contributed by atoms with Crippen LogP contribution >= 0.6 is 0 Å². The summed E-state index contributed by atoms with van der Waals surface area (Å²) in [6.45, 7) is 2.97. The van der Waals surface area contributed by atoms with E-state index in [-0.39, 0.29) is 18.5 Å². The normalized spacial score (nSPS) is 29.6. The molecule has 0 aromatic rings. The van der Waals surface area contributed by atoms with Crippen molar-refractivity contribution in [1.29, 1.82) is 0 Å². The number of hydrogen-bond donors (Lipinski definition) is 1. The molecule has 7 nitrogen and oxygen atoms in total. The Bertz CT molecular complexity index is 425. The fourth-order valence-corrected chi connectivity index (χ4v) is 3.00. The van der Waals surface area contributed by atoms with Gasteiger partial charge >= 0.3 is 18.0 Å². The van der Waals surface area contributed by atoms with Gasteiger partial charge in [-0.2, -0.15) is 0 Å². The molecule has 2 saturated heterocycles. The maximum Gasteiger partial charge on any atom is 0.328 e. The third-order valence-corrected chi connectivity index (χ3v) is 4.17. The van der Waals surface area contributed by atoms with Crippen molar-refractivity contribution in [3.05, 3.63) is 0 Å². The van der Waals surface area contributed by atoms with Crippen LogP contribution in [-0.2, 0) is 14.3 Å². The van der Waals surface area contributed by atoms with Gasteiger partial charge in [0.1, 0.15) is 6.04 Å². The molecule has 2 rings (SSSR count). The fraction of sp³-hybridized carbons (Fsp3) is 0.769. The highest BCUT2D eigenvalue weighted by atomic mass is 16.5. The molecule has 0 aromatic carbocycles. The molecule has 2 heterocycles. The van der Waals surface area contributed by atoms with Crippen LogP contribution in [0.1, 0.15) is 19.8 Å². The third kappa shape index (κ3) is 2.57. The number of rotatable bonds is 2. The zero-order chi connectivity index (χ0) is 14.9. The summed E-state index contributed by atoms with van der Waals surface area (Å²) in [6.07, 6.45) is 1.36. The largest absolute Gasteiger partial charge is 0.481 e. The summed E-state index contributed by atoms with van der Waals surface area (Å²) < 4.78 is 4.71. The summed E-state index contributed by atoms with van der Waals surface area (Å²) in [5.41, 5.74) is 0. The predicted molar refractivity (Wildman–Crippen MR) is 69.0 cm³/mol. The number of carboxylic acid groups (broad SMARTS) is 1. The molecule has 1 unspecified atom stereocenters. The van der Waals surface area contributed by atoms with Crippen LogP contribution in [0, 0.1) is 11.8 Å². The molecule has 112 valence electrons. The van der Waals surface area contributed by atoms with Crippen molar-refractivity contribution in [2.45, 2.75) is 25.8 Å².